The third-order valence-electron chi connectivity index (χ3n) is 6.41. The highest BCUT2D eigenvalue weighted by atomic mass is 16.4. The maximum Gasteiger partial charge on any atom is 0.337 e. The smallest absolute Gasteiger partial charge is 0.337 e. The van der Waals surface area contributed by atoms with Crippen LogP contribution >= 0.6 is 0 Å². The van der Waals surface area contributed by atoms with Crippen molar-refractivity contribution < 1.29 is 9.90 Å². The topological polar surface area (TPSA) is 105 Å². The summed E-state index contributed by atoms with van der Waals surface area (Å²) in [5.74, 6) is -0.535. The van der Waals surface area contributed by atoms with Gasteiger partial charge >= 0.3 is 5.97 Å². The lowest BCUT2D eigenvalue weighted by Crippen LogP contribution is -2.28. The average Bonchev–Trinajstić information content (AvgIpc) is 3.06. The Hall–Kier alpha value is -2.99. The number of nitrogens with zero attached hydrogens (tertiary/aromatic N) is 2. The Morgan fingerprint density at radius 2 is 2.07 bits per heavy atom. The van der Waals surface area contributed by atoms with Gasteiger partial charge in [0.25, 0.3) is 0 Å². The fraction of sp³-hybridized carbons (Fsp3) is 0.348. The Bertz CT molecular complexity index is 1110. The number of rotatable bonds is 4. The third kappa shape index (κ3) is 2.95. The lowest BCUT2D eigenvalue weighted by Gasteiger charge is -2.31. The molecule has 29 heavy (non-hydrogen) atoms. The minimum Gasteiger partial charge on any atom is -0.478 e. The van der Waals surface area contributed by atoms with Gasteiger partial charge in [0.2, 0.25) is 0 Å². The van der Waals surface area contributed by atoms with Crippen molar-refractivity contribution in [3.05, 3.63) is 58.7 Å². The molecule has 0 bridgehead atoms. The van der Waals surface area contributed by atoms with E-state index >= 15 is 0 Å². The number of carboxylic acids is 1. The fourth-order valence-electron chi connectivity index (χ4n) is 4.60. The van der Waals surface area contributed by atoms with E-state index in [-0.39, 0.29) is 6.04 Å². The number of aromatic nitrogens is 3. The molecule has 0 spiro atoms. The van der Waals surface area contributed by atoms with Crippen molar-refractivity contribution in [2.75, 3.05) is 0 Å². The third-order valence-corrected chi connectivity index (χ3v) is 6.41. The Labute approximate surface area is 169 Å². The van der Waals surface area contributed by atoms with Gasteiger partial charge in [-0.3, -0.25) is 9.97 Å². The highest BCUT2D eigenvalue weighted by Gasteiger charge is 2.34. The van der Waals surface area contributed by atoms with E-state index in [2.05, 4.69) is 21.0 Å². The summed E-state index contributed by atoms with van der Waals surface area (Å²) in [4.78, 5) is 24.5. The standard InChI is InChI=1S/C23H24N4O2/c1-12-7-15(10-25-9-12)18-8-17-14(11-26-18)5-6-16-19(23(28)29)22(27-21(16)17)20(24)13-3-2-4-13/h7-11,13,20,27H,2-6,24H2,1H3,(H,28,29). The summed E-state index contributed by atoms with van der Waals surface area (Å²) in [5.41, 5.74) is 14.3. The highest BCUT2D eigenvalue weighted by Crippen LogP contribution is 2.42. The zero-order valence-electron chi connectivity index (χ0n) is 16.4. The van der Waals surface area contributed by atoms with Crippen LogP contribution in [0.3, 0.4) is 0 Å². The van der Waals surface area contributed by atoms with E-state index in [9.17, 15) is 9.90 Å². The molecule has 1 unspecified atom stereocenters. The van der Waals surface area contributed by atoms with Crippen LogP contribution < -0.4 is 5.73 Å². The maximum atomic E-state index is 12.1. The summed E-state index contributed by atoms with van der Waals surface area (Å²) in [6.45, 7) is 2.01. The summed E-state index contributed by atoms with van der Waals surface area (Å²) in [6, 6.07) is 3.84. The molecule has 3 heterocycles. The van der Waals surface area contributed by atoms with Gasteiger partial charge in [0.05, 0.1) is 17.0 Å². The number of aromatic carboxylic acids is 1. The molecule has 4 N–H and O–H groups in total. The SMILES string of the molecule is Cc1cncc(-c2cc3c(cn2)CCc2c-3[nH]c(C(N)C3CCC3)c2C(=O)O)c1. The van der Waals surface area contributed by atoms with Crippen molar-refractivity contribution >= 4 is 5.97 Å². The van der Waals surface area contributed by atoms with E-state index in [0.29, 0.717) is 23.6 Å². The number of aryl methyl sites for hydroxylation is 2. The first-order valence-corrected chi connectivity index (χ1v) is 10.2. The van der Waals surface area contributed by atoms with Crippen molar-refractivity contribution in [1.82, 2.24) is 15.0 Å². The minimum absolute atomic E-state index is 0.258. The Morgan fingerprint density at radius 3 is 2.76 bits per heavy atom. The second-order valence-corrected chi connectivity index (χ2v) is 8.27. The molecule has 0 radical (unpaired) electrons. The second-order valence-electron chi connectivity index (χ2n) is 8.27. The first kappa shape index (κ1) is 18.1. The van der Waals surface area contributed by atoms with E-state index in [0.717, 1.165) is 58.5 Å². The lowest BCUT2D eigenvalue weighted by molar-refractivity contribution is 0.0693. The number of nitrogens with one attached hydrogen (secondary N) is 1. The maximum absolute atomic E-state index is 12.1. The molecule has 148 valence electrons. The monoisotopic (exact) mass is 388 g/mol. The van der Waals surface area contributed by atoms with Gasteiger partial charge in [-0.2, -0.15) is 0 Å². The summed E-state index contributed by atoms with van der Waals surface area (Å²) < 4.78 is 0. The van der Waals surface area contributed by atoms with Gasteiger partial charge in [-0.1, -0.05) is 6.42 Å². The summed E-state index contributed by atoms with van der Waals surface area (Å²) in [7, 11) is 0. The van der Waals surface area contributed by atoms with Crippen molar-refractivity contribution in [1.29, 1.82) is 0 Å². The van der Waals surface area contributed by atoms with Crippen molar-refractivity contribution in [3.63, 3.8) is 0 Å². The highest BCUT2D eigenvalue weighted by molar-refractivity contribution is 5.95. The number of carbonyl (C=O) groups is 1. The van der Waals surface area contributed by atoms with Gasteiger partial charge in [0, 0.05) is 41.5 Å². The van der Waals surface area contributed by atoms with Gasteiger partial charge < -0.3 is 15.8 Å². The zero-order valence-corrected chi connectivity index (χ0v) is 16.4. The molecule has 1 fully saturated rings. The van der Waals surface area contributed by atoms with Crippen LogP contribution in [0.25, 0.3) is 22.5 Å². The molecule has 1 atom stereocenters. The van der Waals surface area contributed by atoms with E-state index in [1.807, 2.05) is 25.4 Å². The number of pyridine rings is 2. The molecule has 1 saturated carbocycles. The van der Waals surface area contributed by atoms with Crippen molar-refractivity contribution in [3.8, 4) is 22.5 Å². The van der Waals surface area contributed by atoms with Crippen molar-refractivity contribution in [2.24, 2.45) is 11.7 Å². The fourth-order valence-corrected chi connectivity index (χ4v) is 4.60. The first-order valence-electron chi connectivity index (χ1n) is 10.2. The molecule has 3 aromatic rings. The molecule has 3 aromatic heterocycles. The Morgan fingerprint density at radius 1 is 1.24 bits per heavy atom. The number of carboxylic acid groups (broad SMARTS) is 1. The van der Waals surface area contributed by atoms with Crippen LogP contribution in [0.2, 0.25) is 0 Å². The molecule has 0 amide bonds. The van der Waals surface area contributed by atoms with E-state index < -0.39 is 5.97 Å². The van der Waals surface area contributed by atoms with Gasteiger partial charge in [0.15, 0.2) is 0 Å². The van der Waals surface area contributed by atoms with Gasteiger partial charge in [0.1, 0.15) is 0 Å². The number of hydrogen-bond donors (Lipinski definition) is 3. The van der Waals surface area contributed by atoms with Crippen LogP contribution in [-0.2, 0) is 12.8 Å². The van der Waals surface area contributed by atoms with E-state index in [1.165, 1.54) is 6.42 Å². The Balaban J connectivity index is 1.64. The quantitative estimate of drug-likeness (QED) is 0.625. The molecule has 0 aliphatic heterocycles. The van der Waals surface area contributed by atoms with Gasteiger partial charge in [-0.05, 0) is 67.3 Å². The molecule has 6 heteroatoms. The largest absolute Gasteiger partial charge is 0.478 e. The van der Waals surface area contributed by atoms with E-state index in [4.69, 9.17) is 5.73 Å². The molecule has 2 aliphatic carbocycles. The molecule has 6 nitrogen and oxygen atoms in total. The molecule has 0 saturated heterocycles. The molecular weight excluding hydrogens is 364 g/mol. The molecule has 2 aliphatic rings. The number of hydrogen-bond acceptors (Lipinski definition) is 4. The van der Waals surface area contributed by atoms with Crippen LogP contribution in [0.1, 0.15) is 58.0 Å². The number of H-pyrrole nitrogens is 1. The number of aromatic amines is 1. The van der Waals surface area contributed by atoms with Crippen LogP contribution in [0.15, 0.2) is 30.7 Å². The number of fused-ring (bicyclic) bond motifs is 3. The number of nitrogens with two attached hydrogens (primary N) is 1. The minimum atomic E-state index is -0.895. The van der Waals surface area contributed by atoms with E-state index in [1.54, 1.807) is 6.20 Å². The predicted molar refractivity (Wildman–Crippen MR) is 111 cm³/mol. The van der Waals surface area contributed by atoms with Crippen LogP contribution in [0, 0.1) is 12.8 Å². The zero-order chi connectivity index (χ0) is 20.1. The second kappa shape index (κ2) is 6.81. The van der Waals surface area contributed by atoms with Crippen molar-refractivity contribution in [2.45, 2.75) is 45.1 Å². The molecule has 5 rings (SSSR count). The summed E-state index contributed by atoms with van der Waals surface area (Å²) >= 11 is 0. The summed E-state index contributed by atoms with van der Waals surface area (Å²) in [6.07, 6.45) is 10.3. The predicted octanol–water partition coefficient (Wildman–Crippen LogP) is 4.04. The van der Waals surface area contributed by atoms with Gasteiger partial charge in [-0.15, -0.1) is 0 Å². The lowest BCUT2D eigenvalue weighted by atomic mass is 9.78. The van der Waals surface area contributed by atoms with Crippen LogP contribution in [0.4, 0.5) is 0 Å². The first-order chi connectivity index (χ1) is 14.0. The normalized spacial score (nSPS) is 16.6. The molecular formula is C23H24N4O2. The average molecular weight is 388 g/mol. The van der Waals surface area contributed by atoms with Crippen LogP contribution in [0.5, 0.6) is 0 Å². The molecule has 0 aromatic carbocycles. The van der Waals surface area contributed by atoms with Crippen LogP contribution in [-0.4, -0.2) is 26.0 Å². The summed E-state index contributed by atoms with van der Waals surface area (Å²) in [5, 5.41) is 9.95. The van der Waals surface area contributed by atoms with Gasteiger partial charge in [-0.25, -0.2) is 4.79 Å². The Kier molecular flexibility index (Phi) is 4.24.